The van der Waals surface area contributed by atoms with Gasteiger partial charge in [-0.05, 0) is 31.2 Å². The van der Waals surface area contributed by atoms with Crippen LogP contribution >= 0.6 is 0 Å². The van der Waals surface area contributed by atoms with Gasteiger partial charge in [0.2, 0.25) is 0 Å². The number of hydrogen-bond acceptors (Lipinski definition) is 4. The van der Waals surface area contributed by atoms with Crippen molar-refractivity contribution in [3.63, 3.8) is 0 Å². The Labute approximate surface area is 123 Å². The standard InChI is InChI=1S/C16H18N2O3/c1-11(10-17-13-5-3-2-4-6-13)18-16(21)12-7-14(19)9-15(20)8-12/h2-9,11,17,19-20H,10H2,1H3,(H,18,21). The minimum atomic E-state index is -0.344. The number of carbonyl (C=O) groups excluding carboxylic acids is 1. The maximum absolute atomic E-state index is 12.0. The number of benzene rings is 2. The van der Waals surface area contributed by atoms with Gasteiger partial charge in [0.05, 0.1) is 0 Å². The van der Waals surface area contributed by atoms with Gasteiger partial charge in [-0.2, -0.15) is 0 Å². The summed E-state index contributed by atoms with van der Waals surface area (Å²) >= 11 is 0. The van der Waals surface area contributed by atoms with Crippen molar-refractivity contribution < 1.29 is 15.0 Å². The number of nitrogens with one attached hydrogen (secondary N) is 2. The molecule has 0 saturated heterocycles. The van der Waals surface area contributed by atoms with Crippen molar-refractivity contribution in [1.82, 2.24) is 5.32 Å². The maximum atomic E-state index is 12.0. The summed E-state index contributed by atoms with van der Waals surface area (Å²) in [6.07, 6.45) is 0. The molecule has 0 saturated carbocycles. The first-order chi connectivity index (χ1) is 10.0. The zero-order valence-corrected chi connectivity index (χ0v) is 11.7. The molecule has 5 nitrogen and oxygen atoms in total. The third-order valence-corrected chi connectivity index (χ3v) is 2.93. The number of aromatic hydroxyl groups is 2. The van der Waals surface area contributed by atoms with Crippen LogP contribution in [0.4, 0.5) is 5.69 Å². The summed E-state index contributed by atoms with van der Waals surface area (Å²) in [6.45, 7) is 2.44. The minimum absolute atomic E-state index is 0.109. The fraction of sp³-hybridized carbons (Fsp3) is 0.188. The van der Waals surface area contributed by atoms with Crippen molar-refractivity contribution in [2.45, 2.75) is 13.0 Å². The first kappa shape index (κ1) is 14.7. The van der Waals surface area contributed by atoms with E-state index in [9.17, 15) is 15.0 Å². The summed E-state index contributed by atoms with van der Waals surface area (Å²) in [4.78, 5) is 12.0. The average molecular weight is 286 g/mol. The van der Waals surface area contributed by atoms with Crippen LogP contribution in [-0.2, 0) is 0 Å². The van der Waals surface area contributed by atoms with Gasteiger partial charge in [-0.25, -0.2) is 0 Å². The molecule has 0 fully saturated rings. The second-order valence-electron chi connectivity index (χ2n) is 4.86. The van der Waals surface area contributed by atoms with Crippen molar-refractivity contribution >= 4 is 11.6 Å². The Morgan fingerprint density at radius 2 is 1.71 bits per heavy atom. The average Bonchev–Trinajstić information content (AvgIpc) is 2.45. The van der Waals surface area contributed by atoms with Crippen LogP contribution < -0.4 is 10.6 Å². The van der Waals surface area contributed by atoms with Crippen LogP contribution in [0.25, 0.3) is 0 Å². The molecule has 2 rings (SSSR count). The number of phenolic OH excluding ortho intramolecular Hbond substituents is 2. The number of carbonyl (C=O) groups is 1. The first-order valence-corrected chi connectivity index (χ1v) is 6.67. The summed E-state index contributed by atoms with van der Waals surface area (Å²) in [5.74, 6) is -0.631. The van der Waals surface area contributed by atoms with E-state index in [1.54, 1.807) is 0 Å². The normalized spacial score (nSPS) is 11.7. The number of hydrogen-bond donors (Lipinski definition) is 4. The van der Waals surface area contributed by atoms with Gasteiger partial charge in [0.25, 0.3) is 5.91 Å². The van der Waals surface area contributed by atoms with E-state index in [1.807, 2.05) is 37.3 Å². The van der Waals surface area contributed by atoms with Crippen molar-refractivity contribution in [2.75, 3.05) is 11.9 Å². The SMILES string of the molecule is CC(CNc1ccccc1)NC(=O)c1cc(O)cc(O)c1. The van der Waals surface area contributed by atoms with Crippen molar-refractivity contribution in [3.05, 3.63) is 54.1 Å². The lowest BCUT2D eigenvalue weighted by Crippen LogP contribution is -2.37. The Balaban J connectivity index is 1.90. The molecule has 0 radical (unpaired) electrons. The highest BCUT2D eigenvalue weighted by atomic mass is 16.3. The molecule has 0 heterocycles. The van der Waals surface area contributed by atoms with Crippen molar-refractivity contribution in [2.24, 2.45) is 0 Å². The van der Waals surface area contributed by atoms with Crippen molar-refractivity contribution in [3.8, 4) is 11.5 Å². The van der Waals surface area contributed by atoms with E-state index in [2.05, 4.69) is 10.6 Å². The van der Waals surface area contributed by atoms with Crippen LogP contribution in [0.2, 0.25) is 0 Å². The molecular weight excluding hydrogens is 268 g/mol. The highest BCUT2D eigenvalue weighted by Gasteiger charge is 2.11. The highest BCUT2D eigenvalue weighted by molar-refractivity contribution is 5.95. The van der Waals surface area contributed by atoms with E-state index in [-0.39, 0.29) is 29.0 Å². The molecule has 110 valence electrons. The van der Waals surface area contributed by atoms with Crippen LogP contribution in [0.5, 0.6) is 11.5 Å². The number of anilines is 1. The number of phenols is 2. The number of para-hydroxylation sites is 1. The molecular formula is C16H18N2O3. The summed E-state index contributed by atoms with van der Waals surface area (Å²) in [5.41, 5.74) is 1.20. The second kappa shape index (κ2) is 6.65. The van der Waals surface area contributed by atoms with Crippen LogP contribution in [-0.4, -0.2) is 28.7 Å². The maximum Gasteiger partial charge on any atom is 0.251 e. The number of amides is 1. The lowest BCUT2D eigenvalue weighted by molar-refractivity contribution is 0.0941. The predicted octanol–water partition coefficient (Wildman–Crippen LogP) is 2.33. The smallest absolute Gasteiger partial charge is 0.251 e. The van der Waals surface area contributed by atoms with Gasteiger partial charge in [0.15, 0.2) is 0 Å². The lowest BCUT2D eigenvalue weighted by Gasteiger charge is -2.15. The van der Waals surface area contributed by atoms with Gasteiger partial charge >= 0.3 is 0 Å². The molecule has 1 atom stereocenters. The Hall–Kier alpha value is -2.69. The monoisotopic (exact) mass is 286 g/mol. The highest BCUT2D eigenvalue weighted by Crippen LogP contribution is 2.20. The number of rotatable bonds is 5. The van der Waals surface area contributed by atoms with Crippen molar-refractivity contribution in [1.29, 1.82) is 0 Å². The molecule has 1 unspecified atom stereocenters. The van der Waals surface area contributed by atoms with Gasteiger partial charge in [0, 0.05) is 29.9 Å². The Morgan fingerprint density at radius 1 is 1.10 bits per heavy atom. The van der Waals surface area contributed by atoms with E-state index in [1.165, 1.54) is 18.2 Å². The zero-order valence-electron chi connectivity index (χ0n) is 11.7. The van der Waals surface area contributed by atoms with E-state index in [0.717, 1.165) is 5.69 Å². The van der Waals surface area contributed by atoms with Gasteiger partial charge in [0.1, 0.15) is 11.5 Å². The Morgan fingerprint density at radius 3 is 2.33 bits per heavy atom. The molecule has 1 amide bonds. The van der Waals surface area contributed by atoms with E-state index in [0.29, 0.717) is 6.54 Å². The fourth-order valence-corrected chi connectivity index (χ4v) is 1.91. The third kappa shape index (κ3) is 4.42. The summed E-state index contributed by atoms with van der Waals surface area (Å²) in [6, 6.07) is 13.4. The molecule has 2 aromatic carbocycles. The molecule has 0 aliphatic heterocycles. The van der Waals surface area contributed by atoms with Gasteiger partial charge in [-0.1, -0.05) is 18.2 Å². The molecule has 0 aromatic heterocycles. The summed E-state index contributed by atoms with van der Waals surface area (Å²) in [5, 5.41) is 24.8. The zero-order chi connectivity index (χ0) is 15.2. The molecule has 5 heteroatoms. The Bertz CT molecular complexity index is 594. The van der Waals surface area contributed by atoms with Crippen LogP contribution in [0.3, 0.4) is 0 Å². The molecule has 0 aliphatic rings. The predicted molar refractivity (Wildman–Crippen MR) is 81.6 cm³/mol. The van der Waals surface area contributed by atoms with Crippen LogP contribution in [0.1, 0.15) is 17.3 Å². The van der Waals surface area contributed by atoms with E-state index >= 15 is 0 Å². The van der Waals surface area contributed by atoms with E-state index < -0.39 is 0 Å². The summed E-state index contributed by atoms with van der Waals surface area (Å²) < 4.78 is 0. The third-order valence-electron chi connectivity index (χ3n) is 2.93. The quantitative estimate of drug-likeness (QED) is 0.680. The molecule has 21 heavy (non-hydrogen) atoms. The van der Waals surface area contributed by atoms with E-state index in [4.69, 9.17) is 0 Å². The molecule has 0 spiro atoms. The minimum Gasteiger partial charge on any atom is -0.508 e. The molecule has 0 aliphatic carbocycles. The fourth-order valence-electron chi connectivity index (χ4n) is 1.91. The molecule has 2 aromatic rings. The first-order valence-electron chi connectivity index (χ1n) is 6.67. The summed E-state index contributed by atoms with van der Waals surface area (Å²) in [7, 11) is 0. The topological polar surface area (TPSA) is 81.6 Å². The lowest BCUT2D eigenvalue weighted by atomic mass is 10.1. The van der Waals surface area contributed by atoms with Gasteiger partial charge in [-0.3, -0.25) is 4.79 Å². The second-order valence-corrected chi connectivity index (χ2v) is 4.86. The molecule has 4 N–H and O–H groups in total. The van der Waals surface area contributed by atoms with Gasteiger partial charge < -0.3 is 20.8 Å². The Kier molecular flexibility index (Phi) is 4.66. The largest absolute Gasteiger partial charge is 0.508 e. The van der Waals surface area contributed by atoms with Gasteiger partial charge in [-0.15, -0.1) is 0 Å². The van der Waals surface area contributed by atoms with Crippen LogP contribution in [0, 0.1) is 0 Å². The molecule has 0 bridgehead atoms. The van der Waals surface area contributed by atoms with Crippen LogP contribution in [0.15, 0.2) is 48.5 Å².